The van der Waals surface area contributed by atoms with Crippen molar-refractivity contribution in [3.63, 3.8) is 0 Å². The lowest BCUT2D eigenvalue weighted by Gasteiger charge is -2.11. The van der Waals surface area contributed by atoms with Gasteiger partial charge in [0, 0.05) is 11.7 Å². The Bertz CT molecular complexity index is 1020. The largest absolute Gasteiger partial charge is 0.483 e. The lowest BCUT2D eigenvalue weighted by molar-refractivity contribution is -0.118. The molecule has 2 N–H and O–H groups in total. The van der Waals surface area contributed by atoms with Gasteiger partial charge < -0.3 is 15.4 Å². The first-order chi connectivity index (χ1) is 14.9. The normalized spacial score (nSPS) is 14.0. The molecule has 1 saturated carbocycles. The van der Waals surface area contributed by atoms with E-state index in [0.717, 1.165) is 31.2 Å². The van der Waals surface area contributed by atoms with E-state index in [4.69, 9.17) is 4.74 Å². The van der Waals surface area contributed by atoms with E-state index in [9.17, 15) is 14.9 Å². The number of nitriles is 1. The van der Waals surface area contributed by atoms with Gasteiger partial charge in [-0.2, -0.15) is 5.26 Å². The van der Waals surface area contributed by atoms with Crippen LogP contribution < -0.4 is 15.4 Å². The second-order valence-electron chi connectivity index (χ2n) is 7.52. The summed E-state index contributed by atoms with van der Waals surface area (Å²) in [5.41, 5.74) is 2.56. The molecule has 0 aliphatic heterocycles. The smallest absolute Gasteiger partial charge is 0.262 e. The van der Waals surface area contributed by atoms with Gasteiger partial charge in [0.15, 0.2) is 6.61 Å². The summed E-state index contributed by atoms with van der Waals surface area (Å²) in [6.45, 7) is 1.83. The van der Waals surface area contributed by atoms with Crippen LogP contribution in [0.25, 0.3) is 6.08 Å². The Morgan fingerprint density at radius 3 is 2.55 bits per heavy atom. The van der Waals surface area contributed by atoms with Gasteiger partial charge in [-0.25, -0.2) is 0 Å². The Balaban J connectivity index is 1.58. The van der Waals surface area contributed by atoms with Crippen molar-refractivity contribution in [1.29, 1.82) is 5.26 Å². The molecule has 160 valence electrons. The highest BCUT2D eigenvalue weighted by Crippen LogP contribution is 2.27. The Labute approximate surface area is 190 Å². The van der Waals surface area contributed by atoms with Crippen molar-refractivity contribution in [1.82, 2.24) is 5.32 Å². The molecule has 1 aliphatic rings. The first-order valence-corrected chi connectivity index (χ1v) is 11.0. The Hall–Kier alpha value is -3.11. The number of carbonyl (C=O) groups is 2. The Morgan fingerprint density at radius 1 is 1.19 bits per heavy atom. The van der Waals surface area contributed by atoms with Gasteiger partial charge in [0.1, 0.15) is 17.4 Å². The van der Waals surface area contributed by atoms with Crippen LogP contribution in [0.15, 0.2) is 52.5 Å². The summed E-state index contributed by atoms with van der Waals surface area (Å²) in [6, 6.07) is 14.8. The number of carbonyl (C=O) groups excluding carboxylic acids is 2. The quantitative estimate of drug-likeness (QED) is 0.441. The zero-order valence-electron chi connectivity index (χ0n) is 17.3. The summed E-state index contributed by atoms with van der Waals surface area (Å²) in [7, 11) is 0. The molecule has 1 aliphatic carbocycles. The first kappa shape index (κ1) is 22.6. The van der Waals surface area contributed by atoms with Crippen molar-refractivity contribution in [2.75, 3.05) is 11.9 Å². The van der Waals surface area contributed by atoms with Crippen LogP contribution in [0, 0.1) is 18.3 Å². The summed E-state index contributed by atoms with van der Waals surface area (Å²) in [4.78, 5) is 24.5. The van der Waals surface area contributed by atoms with Gasteiger partial charge >= 0.3 is 0 Å². The number of anilines is 1. The predicted octanol–water partition coefficient (Wildman–Crippen LogP) is 4.74. The van der Waals surface area contributed by atoms with Crippen LogP contribution >= 0.6 is 15.9 Å². The minimum atomic E-state index is -0.348. The highest BCUT2D eigenvalue weighted by atomic mass is 79.9. The van der Waals surface area contributed by atoms with Crippen LogP contribution in [-0.2, 0) is 9.59 Å². The number of amides is 2. The van der Waals surface area contributed by atoms with Crippen LogP contribution in [-0.4, -0.2) is 24.5 Å². The van der Waals surface area contributed by atoms with Crippen molar-refractivity contribution in [2.24, 2.45) is 0 Å². The van der Waals surface area contributed by atoms with E-state index < -0.39 is 0 Å². The van der Waals surface area contributed by atoms with Crippen molar-refractivity contribution in [3.05, 3.63) is 63.6 Å². The summed E-state index contributed by atoms with van der Waals surface area (Å²) in [6.07, 6.45) is 5.67. The molecule has 0 saturated heterocycles. The molecule has 2 aromatic rings. The predicted molar refractivity (Wildman–Crippen MR) is 123 cm³/mol. The molecule has 0 atom stereocenters. The van der Waals surface area contributed by atoms with Gasteiger partial charge in [-0.05, 0) is 71.6 Å². The van der Waals surface area contributed by atoms with E-state index in [1.165, 1.54) is 0 Å². The molecule has 0 bridgehead atoms. The molecule has 7 heteroatoms. The number of rotatable bonds is 7. The van der Waals surface area contributed by atoms with Crippen molar-refractivity contribution in [2.45, 2.75) is 38.6 Å². The zero-order chi connectivity index (χ0) is 22.2. The van der Waals surface area contributed by atoms with Crippen LogP contribution in [0.4, 0.5) is 5.69 Å². The first-order valence-electron chi connectivity index (χ1n) is 10.2. The second-order valence-corrected chi connectivity index (χ2v) is 8.37. The van der Waals surface area contributed by atoms with E-state index in [0.29, 0.717) is 21.5 Å². The van der Waals surface area contributed by atoms with Crippen molar-refractivity contribution < 1.29 is 14.3 Å². The molecule has 31 heavy (non-hydrogen) atoms. The van der Waals surface area contributed by atoms with Gasteiger partial charge in [0.2, 0.25) is 0 Å². The number of hydrogen-bond acceptors (Lipinski definition) is 4. The molecule has 0 unspecified atom stereocenters. The summed E-state index contributed by atoms with van der Waals surface area (Å²) < 4.78 is 6.22. The minimum absolute atomic E-state index is 0.0601. The third-order valence-corrected chi connectivity index (χ3v) is 5.64. The van der Waals surface area contributed by atoms with Crippen LogP contribution in [0.3, 0.4) is 0 Å². The van der Waals surface area contributed by atoms with E-state index in [-0.39, 0.29) is 30.0 Å². The second kappa shape index (κ2) is 10.8. The molecule has 2 amide bonds. The fourth-order valence-electron chi connectivity index (χ4n) is 3.35. The van der Waals surface area contributed by atoms with Gasteiger partial charge in [0.05, 0.1) is 4.47 Å². The fourth-order valence-corrected chi connectivity index (χ4v) is 3.86. The molecule has 6 nitrogen and oxygen atoms in total. The highest BCUT2D eigenvalue weighted by molar-refractivity contribution is 9.10. The topological polar surface area (TPSA) is 91.2 Å². The molecule has 0 heterocycles. The third-order valence-electron chi connectivity index (χ3n) is 5.02. The molecule has 1 fully saturated rings. The van der Waals surface area contributed by atoms with E-state index in [2.05, 4.69) is 26.6 Å². The van der Waals surface area contributed by atoms with Gasteiger partial charge in [-0.1, -0.05) is 36.6 Å². The lowest BCUT2D eigenvalue weighted by Crippen LogP contribution is -2.33. The van der Waals surface area contributed by atoms with Crippen LogP contribution in [0.2, 0.25) is 0 Å². The number of ether oxygens (including phenoxy) is 1. The van der Waals surface area contributed by atoms with E-state index >= 15 is 0 Å². The average molecular weight is 482 g/mol. The lowest BCUT2D eigenvalue weighted by atomic mass is 10.1. The summed E-state index contributed by atoms with van der Waals surface area (Å²) in [5, 5.41) is 15.1. The summed E-state index contributed by atoms with van der Waals surface area (Å²) >= 11 is 3.42. The number of halogens is 1. The Morgan fingerprint density at radius 2 is 1.90 bits per heavy atom. The number of nitrogens with zero attached hydrogens (tertiary/aromatic N) is 1. The van der Waals surface area contributed by atoms with Crippen molar-refractivity contribution in [3.8, 4) is 11.8 Å². The minimum Gasteiger partial charge on any atom is -0.483 e. The maximum absolute atomic E-state index is 12.3. The molecular formula is C24H24BrN3O3. The highest BCUT2D eigenvalue weighted by Gasteiger charge is 2.19. The fraction of sp³-hybridized carbons (Fsp3) is 0.292. The van der Waals surface area contributed by atoms with E-state index in [1.54, 1.807) is 24.3 Å². The standard InChI is InChI=1S/C24H24BrN3O3/c1-16-6-9-20(10-7-16)27-23(29)15-31-22-11-8-17(13-21(22)25)12-18(14-26)24(30)28-19-4-2-3-5-19/h6-13,19H,2-5,15H2,1H3,(H,27,29)(H,28,30)/b18-12-. The number of hydrogen-bond donors (Lipinski definition) is 2. The average Bonchev–Trinajstić information content (AvgIpc) is 3.26. The number of aryl methyl sites for hydroxylation is 1. The molecule has 0 spiro atoms. The molecule has 0 aromatic heterocycles. The zero-order valence-corrected chi connectivity index (χ0v) is 18.9. The molecule has 3 rings (SSSR count). The third kappa shape index (κ3) is 6.69. The van der Waals surface area contributed by atoms with Gasteiger partial charge in [-0.15, -0.1) is 0 Å². The summed E-state index contributed by atoms with van der Waals surface area (Å²) in [5.74, 6) is -0.126. The SMILES string of the molecule is Cc1ccc(NC(=O)COc2ccc(/C=C(/C#N)C(=O)NC3CCCC3)cc2Br)cc1. The Kier molecular flexibility index (Phi) is 7.85. The molecule has 2 aromatic carbocycles. The monoisotopic (exact) mass is 481 g/mol. The van der Waals surface area contributed by atoms with Gasteiger partial charge in [0.25, 0.3) is 11.8 Å². The number of nitrogens with one attached hydrogen (secondary N) is 2. The van der Waals surface area contributed by atoms with Crippen molar-refractivity contribution >= 4 is 39.5 Å². The maximum atomic E-state index is 12.3. The van der Waals surface area contributed by atoms with E-state index in [1.807, 2.05) is 37.3 Å². The number of benzene rings is 2. The van der Waals surface area contributed by atoms with Crippen LogP contribution in [0.5, 0.6) is 5.75 Å². The molecular weight excluding hydrogens is 458 g/mol. The molecule has 0 radical (unpaired) electrons. The van der Waals surface area contributed by atoms with Crippen LogP contribution in [0.1, 0.15) is 36.8 Å². The van der Waals surface area contributed by atoms with Gasteiger partial charge in [-0.3, -0.25) is 9.59 Å². The maximum Gasteiger partial charge on any atom is 0.262 e.